The summed E-state index contributed by atoms with van der Waals surface area (Å²) in [7, 11) is 0. The molecule has 2 unspecified atom stereocenters. The van der Waals surface area contributed by atoms with Crippen molar-refractivity contribution in [2.45, 2.75) is 32.0 Å². The van der Waals surface area contributed by atoms with Gasteiger partial charge in [0.2, 0.25) is 5.91 Å². The van der Waals surface area contributed by atoms with Gasteiger partial charge in [-0.3, -0.25) is 9.48 Å². The van der Waals surface area contributed by atoms with Crippen LogP contribution >= 0.6 is 0 Å². The highest BCUT2D eigenvalue weighted by molar-refractivity contribution is 5.94. The van der Waals surface area contributed by atoms with E-state index >= 15 is 0 Å². The lowest BCUT2D eigenvalue weighted by Gasteiger charge is -2.09. The fourth-order valence-electron chi connectivity index (χ4n) is 3.52. The number of nitrogens with zero attached hydrogens (tertiary/aromatic N) is 2. The molecule has 1 saturated carbocycles. The number of hydrogen-bond donors (Lipinski definition) is 1. The molecule has 2 atom stereocenters. The summed E-state index contributed by atoms with van der Waals surface area (Å²) in [4.78, 5) is 12.5. The zero-order chi connectivity index (χ0) is 20.6. The molecule has 4 nitrogen and oxygen atoms in total. The number of aryl methyl sites for hydroxylation is 1. The van der Waals surface area contributed by atoms with Gasteiger partial charge in [-0.1, -0.05) is 42.5 Å². The molecule has 3 aromatic rings. The van der Waals surface area contributed by atoms with E-state index in [9.17, 15) is 18.0 Å². The van der Waals surface area contributed by atoms with Gasteiger partial charge in [0.25, 0.3) is 0 Å². The van der Waals surface area contributed by atoms with Gasteiger partial charge in [0.1, 0.15) is 0 Å². The molecule has 150 valence electrons. The highest BCUT2D eigenvalue weighted by Gasteiger charge is 2.44. The third-order valence-electron chi connectivity index (χ3n) is 5.17. The second-order valence-corrected chi connectivity index (χ2v) is 7.38. The molecule has 1 N–H and O–H groups in total. The van der Waals surface area contributed by atoms with Crippen molar-refractivity contribution in [1.82, 2.24) is 9.78 Å². The average molecular weight is 399 g/mol. The van der Waals surface area contributed by atoms with Crippen molar-refractivity contribution in [3.63, 3.8) is 0 Å². The van der Waals surface area contributed by atoms with Crippen molar-refractivity contribution in [2.75, 3.05) is 5.32 Å². The zero-order valence-electron chi connectivity index (χ0n) is 15.8. The SMILES string of the molecule is Cc1cc(NC(=O)C2CC2c2ccccc2)nn1Cc1cccc(C(F)(F)F)c1. The molecule has 2 aromatic carbocycles. The highest BCUT2D eigenvalue weighted by Crippen LogP contribution is 2.47. The van der Waals surface area contributed by atoms with E-state index < -0.39 is 11.7 Å². The molecule has 0 aliphatic heterocycles. The Hall–Kier alpha value is -3.09. The summed E-state index contributed by atoms with van der Waals surface area (Å²) < 4.78 is 40.3. The van der Waals surface area contributed by atoms with Crippen molar-refractivity contribution in [3.8, 4) is 0 Å². The Balaban J connectivity index is 1.42. The summed E-state index contributed by atoms with van der Waals surface area (Å²) >= 11 is 0. The Morgan fingerprint density at radius 2 is 1.90 bits per heavy atom. The average Bonchev–Trinajstić information content (AvgIpc) is 3.42. The van der Waals surface area contributed by atoms with Gasteiger partial charge >= 0.3 is 6.18 Å². The Kier molecular flexibility index (Phi) is 4.90. The number of hydrogen-bond acceptors (Lipinski definition) is 2. The Morgan fingerprint density at radius 3 is 2.62 bits per heavy atom. The minimum atomic E-state index is -4.38. The number of alkyl halides is 3. The number of carbonyl (C=O) groups is 1. The smallest absolute Gasteiger partial charge is 0.309 e. The molecule has 1 amide bonds. The van der Waals surface area contributed by atoms with Gasteiger partial charge in [-0.05, 0) is 42.5 Å². The molecule has 0 radical (unpaired) electrons. The first-order chi connectivity index (χ1) is 13.8. The molecule has 29 heavy (non-hydrogen) atoms. The van der Waals surface area contributed by atoms with Crippen LogP contribution in [-0.4, -0.2) is 15.7 Å². The van der Waals surface area contributed by atoms with Crippen LogP contribution in [0.2, 0.25) is 0 Å². The van der Waals surface area contributed by atoms with Gasteiger partial charge in [0, 0.05) is 17.7 Å². The second-order valence-electron chi connectivity index (χ2n) is 7.38. The van der Waals surface area contributed by atoms with Crippen molar-refractivity contribution >= 4 is 11.7 Å². The molecule has 1 aromatic heterocycles. The van der Waals surface area contributed by atoms with Crippen LogP contribution in [0.25, 0.3) is 0 Å². The van der Waals surface area contributed by atoms with Gasteiger partial charge in [-0.25, -0.2) is 0 Å². The Bertz CT molecular complexity index is 1030. The highest BCUT2D eigenvalue weighted by atomic mass is 19.4. The first-order valence-electron chi connectivity index (χ1n) is 9.37. The second kappa shape index (κ2) is 7.39. The van der Waals surface area contributed by atoms with Gasteiger partial charge in [-0.15, -0.1) is 0 Å². The lowest BCUT2D eigenvalue weighted by atomic mass is 10.1. The molecule has 7 heteroatoms. The fraction of sp³-hybridized carbons (Fsp3) is 0.273. The maximum atomic E-state index is 12.9. The van der Waals surface area contributed by atoms with Crippen LogP contribution in [0.4, 0.5) is 19.0 Å². The van der Waals surface area contributed by atoms with E-state index in [0.717, 1.165) is 29.8 Å². The van der Waals surface area contributed by atoms with Crippen LogP contribution < -0.4 is 5.32 Å². The van der Waals surface area contributed by atoms with Crippen molar-refractivity contribution in [2.24, 2.45) is 5.92 Å². The van der Waals surface area contributed by atoms with Crippen molar-refractivity contribution in [3.05, 3.63) is 83.0 Å². The van der Waals surface area contributed by atoms with E-state index in [0.29, 0.717) is 11.4 Å². The third-order valence-corrected chi connectivity index (χ3v) is 5.17. The molecular weight excluding hydrogens is 379 g/mol. The lowest BCUT2D eigenvalue weighted by Crippen LogP contribution is -2.15. The summed E-state index contributed by atoms with van der Waals surface area (Å²) in [6, 6.07) is 16.8. The maximum Gasteiger partial charge on any atom is 0.416 e. The lowest BCUT2D eigenvalue weighted by molar-refractivity contribution is -0.137. The van der Waals surface area contributed by atoms with Crippen LogP contribution in [0.5, 0.6) is 0 Å². The first-order valence-corrected chi connectivity index (χ1v) is 9.37. The van der Waals surface area contributed by atoms with Crippen LogP contribution in [0, 0.1) is 12.8 Å². The molecule has 0 bridgehead atoms. The van der Waals surface area contributed by atoms with Crippen LogP contribution in [0.15, 0.2) is 60.7 Å². The number of rotatable bonds is 5. The largest absolute Gasteiger partial charge is 0.416 e. The van der Waals surface area contributed by atoms with Crippen LogP contribution in [0.3, 0.4) is 0 Å². The number of nitrogens with one attached hydrogen (secondary N) is 1. The molecule has 1 aliphatic rings. The van der Waals surface area contributed by atoms with Gasteiger partial charge in [-0.2, -0.15) is 18.3 Å². The van der Waals surface area contributed by atoms with E-state index in [-0.39, 0.29) is 24.3 Å². The molecule has 0 spiro atoms. The van der Waals surface area contributed by atoms with Gasteiger partial charge in [0.15, 0.2) is 5.82 Å². The fourth-order valence-corrected chi connectivity index (χ4v) is 3.52. The monoisotopic (exact) mass is 399 g/mol. The molecular formula is C22H20F3N3O. The number of carbonyl (C=O) groups excluding carboxylic acids is 1. The van der Waals surface area contributed by atoms with Crippen molar-refractivity contribution < 1.29 is 18.0 Å². The van der Waals surface area contributed by atoms with Gasteiger partial charge < -0.3 is 5.32 Å². The minimum absolute atomic E-state index is 0.0775. The zero-order valence-corrected chi connectivity index (χ0v) is 15.8. The maximum absolute atomic E-state index is 12.9. The summed E-state index contributed by atoms with van der Waals surface area (Å²) in [6.07, 6.45) is -3.58. The summed E-state index contributed by atoms with van der Waals surface area (Å²) in [5.41, 5.74) is 1.72. The van der Waals surface area contributed by atoms with E-state index in [1.807, 2.05) is 30.3 Å². The van der Waals surface area contributed by atoms with Crippen LogP contribution in [-0.2, 0) is 17.5 Å². The van der Waals surface area contributed by atoms with Gasteiger partial charge in [0.05, 0.1) is 12.1 Å². The van der Waals surface area contributed by atoms with Crippen molar-refractivity contribution in [1.29, 1.82) is 0 Å². The normalized spacial score (nSPS) is 18.5. The number of amides is 1. The quantitative estimate of drug-likeness (QED) is 0.656. The van der Waals surface area contributed by atoms with E-state index in [1.54, 1.807) is 23.7 Å². The molecule has 4 rings (SSSR count). The van der Waals surface area contributed by atoms with E-state index in [4.69, 9.17) is 0 Å². The third kappa shape index (κ3) is 4.34. The molecule has 1 heterocycles. The molecule has 1 fully saturated rings. The standard InChI is InChI=1S/C22H20F3N3O/c1-14-10-20(26-21(29)19-12-18(19)16-7-3-2-4-8-16)27-28(14)13-15-6-5-9-17(11-15)22(23,24)25/h2-11,18-19H,12-13H2,1H3,(H,26,27,29). The Morgan fingerprint density at radius 1 is 1.14 bits per heavy atom. The summed E-state index contributed by atoms with van der Waals surface area (Å²) in [5, 5.41) is 7.18. The summed E-state index contributed by atoms with van der Waals surface area (Å²) in [5.74, 6) is 0.483. The Labute approximate surface area is 166 Å². The first kappa shape index (κ1) is 19.2. The topological polar surface area (TPSA) is 46.9 Å². The number of aromatic nitrogens is 2. The van der Waals surface area contributed by atoms with E-state index in [2.05, 4.69) is 10.4 Å². The van der Waals surface area contributed by atoms with Crippen LogP contribution in [0.1, 0.15) is 34.7 Å². The minimum Gasteiger partial charge on any atom is -0.309 e. The molecule has 1 aliphatic carbocycles. The number of anilines is 1. The predicted molar refractivity (Wildman–Crippen MR) is 103 cm³/mol. The summed E-state index contributed by atoms with van der Waals surface area (Å²) in [6.45, 7) is 2.00. The van der Waals surface area contributed by atoms with E-state index in [1.165, 1.54) is 6.07 Å². The predicted octanol–water partition coefficient (Wildman–Crippen LogP) is 5.00. The number of halogens is 3. The molecule has 0 saturated heterocycles. The number of benzene rings is 2.